The first-order chi connectivity index (χ1) is 12.2. The first-order valence-electron chi connectivity index (χ1n) is 9.15. The van der Waals surface area contributed by atoms with E-state index in [0.717, 1.165) is 6.42 Å². The van der Waals surface area contributed by atoms with Gasteiger partial charge in [0.15, 0.2) is 0 Å². The van der Waals surface area contributed by atoms with Crippen LogP contribution in [0.15, 0.2) is 60.2 Å². The van der Waals surface area contributed by atoms with E-state index in [9.17, 15) is 5.11 Å². The van der Waals surface area contributed by atoms with E-state index in [1.54, 1.807) is 5.19 Å². The molecule has 3 heteroatoms. The van der Waals surface area contributed by atoms with Gasteiger partial charge in [-0.05, 0) is 48.1 Å². The van der Waals surface area contributed by atoms with Gasteiger partial charge in [-0.25, -0.2) is 0 Å². The van der Waals surface area contributed by atoms with Crippen molar-refractivity contribution in [3.05, 3.63) is 76.9 Å². The first-order valence-corrected chi connectivity index (χ1v) is 10.7. The Balaban J connectivity index is 1.64. The van der Waals surface area contributed by atoms with Gasteiger partial charge in [-0.15, -0.1) is 0 Å². The number of hydrogen-bond donors (Lipinski definition) is 1. The summed E-state index contributed by atoms with van der Waals surface area (Å²) in [6.07, 6.45) is 3.34. The van der Waals surface area contributed by atoms with Gasteiger partial charge in [0.2, 0.25) is 0 Å². The minimum atomic E-state index is -0.408. The molecule has 1 N–H and O–H groups in total. The van der Waals surface area contributed by atoms with Gasteiger partial charge in [0.05, 0.1) is 29.3 Å². The minimum absolute atomic E-state index is 0.164. The Bertz CT molecular complexity index is 724. The molecule has 0 aromatic heterocycles. The fourth-order valence-corrected chi connectivity index (χ4v) is 6.24. The van der Waals surface area contributed by atoms with Crippen molar-refractivity contribution in [2.75, 3.05) is 13.2 Å². The smallest absolute Gasteiger partial charge is 0.0717 e. The van der Waals surface area contributed by atoms with E-state index in [1.165, 1.54) is 22.3 Å². The lowest BCUT2D eigenvalue weighted by molar-refractivity contribution is 0.0937. The van der Waals surface area contributed by atoms with Crippen LogP contribution in [0.3, 0.4) is 0 Å². The van der Waals surface area contributed by atoms with Gasteiger partial charge >= 0.3 is 0 Å². The molecule has 1 aliphatic carbocycles. The van der Waals surface area contributed by atoms with E-state index < -0.39 is 9.52 Å². The van der Waals surface area contributed by atoms with Crippen LogP contribution >= 0.6 is 0 Å². The van der Waals surface area contributed by atoms with Crippen molar-refractivity contribution in [1.29, 1.82) is 0 Å². The monoisotopic (exact) mass is 352 g/mol. The zero-order chi connectivity index (χ0) is 17.6. The number of aryl methyl sites for hydroxylation is 1. The van der Waals surface area contributed by atoms with Crippen LogP contribution in [0, 0.1) is 19.8 Å². The average molecular weight is 353 g/mol. The number of aliphatic hydroxyl groups is 1. The maximum Gasteiger partial charge on any atom is 0.0717 e. The van der Waals surface area contributed by atoms with Gasteiger partial charge < -0.3 is 9.84 Å². The van der Waals surface area contributed by atoms with Crippen molar-refractivity contribution in [2.45, 2.75) is 32.4 Å². The van der Waals surface area contributed by atoms with Crippen LogP contribution in [0.4, 0.5) is 0 Å². The molecule has 2 nitrogen and oxygen atoms in total. The van der Waals surface area contributed by atoms with Crippen molar-refractivity contribution in [1.82, 2.24) is 0 Å². The number of ether oxygens (including phenoxy) is 1. The van der Waals surface area contributed by atoms with E-state index >= 15 is 0 Å². The highest BCUT2D eigenvalue weighted by atomic mass is 28.2. The second-order valence-corrected chi connectivity index (χ2v) is 9.32. The molecule has 0 radical (unpaired) electrons. The second kappa shape index (κ2) is 8.61. The number of hydrogen-bond acceptors (Lipinski definition) is 2. The Kier molecular flexibility index (Phi) is 6.24. The van der Waals surface area contributed by atoms with Gasteiger partial charge in [0.1, 0.15) is 0 Å². The SMILES string of the molecule is Cc1cccc([SiH2][C@H]2CC=C(CO)[C@@H]2COCc2ccccc2)c1C. The van der Waals surface area contributed by atoms with E-state index in [1.807, 2.05) is 18.2 Å². The fraction of sp³-hybridized carbons (Fsp3) is 0.364. The standard InChI is InChI=1S/C22H28O2Si/c1-16-7-6-10-21(17(16)2)25-22-12-11-19(13-23)20(22)15-24-14-18-8-4-3-5-9-18/h3-11,20,22-23H,12-15,25H2,1-2H3/t20-,22-/m0/s1. The normalized spacial score (nSPS) is 20.4. The molecule has 132 valence electrons. The Hall–Kier alpha value is -1.68. The summed E-state index contributed by atoms with van der Waals surface area (Å²) in [5, 5.41) is 11.3. The number of rotatable bonds is 7. The third kappa shape index (κ3) is 4.49. The second-order valence-electron chi connectivity index (χ2n) is 7.10. The lowest BCUT2D eigenvalue weighted by Gasteiger charge is -2.23. The molecule has 0 amide bonds. The number of allylic oxidation sites excluding steroid dienone is 1. The number of benzene rings is 2. The minimum Gasteiger partial charge on any atom is -0.392 e. The van der Waals surface area contributed by atoms with Crippen molar-refractivity contribution in [2.24, 2.45) is 5.92 Å². The van der Waals surface area contributed by atoms with Gasteiger partial charge in [-0.1, -0.05) is 59.8 Å². The Morgan fingerprint density at radius 1 is 1.08 bits per heavy atom. The van der Waals surface area contributed by atoms with E-state index in [-0.39, 0.29) is 6.61 Å². The first kappa shape index (κ1) is 18.1. The van der Waals surface area contributed by atoms with Gasteiger partial charge in [0, 0.05) is 5.92 Å². The largest absolute Gasteiger partial charge is 0.392 e. The van der Waals surface area contributed by atoms with E-state index in [0.29, 0.717) is 24.7 Å². The number of aliphatic hydroxyl groups excluding tert-OH is 1. The molecule has 0 unspecified atom stereocenters. The molecule has 0 spiro atoms. The van der Waals surface area contributed by atoms with Crippen LogP contribution in [0.1, 0.15) is 23.1 Å². The molecular weight excluding hydrogens is 324 g/mol. The summed E-state index contributed by atoms with van der Waals surface area (Å²) in [5.41, 5.74) is 5.87. The van der Waals surface area contributed by atoms with Crippen LogP contribution in [0.2, 0.25) is 5.54 Å². The maximum absolute atomic E-state index is 9.73. The van der Waals surface area contributed by atoms with Crippen LogP contribution in [0.5, 0.6) is 0 Å². The molecule has 0 saturated carbocycles. The molecule has 25 heavy (non-hydrogen) atoms. The van der Waals surface area contributed by atoms with Crippen LogP contribution < -0.4 is 5.19 Å². The predicted molar refractivity (Wildman–Crippen MR) is 107 cm³/mol. The van der Waals surface area contributed by atoms with Crippen molar-refractivity contribution in [3.8, 4) is 0 Å². The van der Waals surface area contributed by atoms with Crippen molar-refractivity contribution in [3.63, 3.8) is 0 Å². The zero-order valence-corrected chi connectivity index (χ0v) is 16.7. The molecular formula is C22H28O2Si. The van der Waals surface area contributed by atoms with E-state index in [2.05, 4.69) is 50.3 Å². The molecule has 2 aromatic carbocycles. The maximum atomic E-state index is 9.73. The Morgan fingerprint density at radius 2 is 1.88 bits per heavy atom. The molecule has 0 heterocycles. The van der Waals surface area contributed by atoms with Gasteiger partial charge in [-0.2, -0.15) is 0 Å². The summed E-state index contributed by atoms with van der Waals surface area (Å²) in [6, 6.07) is 17.0. The molecule has 1 aliphatic rings. The third-order valence-corrected chi connectivity index (χ3v) is 8.15. The molecule has 3 rings (SSSR count). The summed E-state index contributed by atoms with van der Waals surface area (Å²) < 4.78 is 6.03. The summed E-state index contributed by atoms with van der Waals surface area (Å²) >= 11 is 0. The highest BCUT2D eigenvalue weighted by Gasteiger charge is 2.30. The fourth-order valence-electron chi connectivity index (χ4n) is 3.77. The Morgan fingerprint density at radius 3 is 2.64 bits per heavy atom. The Labute approximate surface area is 153 Å². The van der Waals surface area contributed by atoms with Gasteiger partial charge in [0.25, 0.3) is 0 Å². The topological polar surface area (TPSA) is 29.5 Å². The molecule has 0 bridgehead atoms. The van der Waals surface area contributed by atoms with E-state index in [4.69, 9.17) is 4.74 Å². The molecule has 2 aromatic rings. The van der Waals surface area contributed by atoms with Crippen molar-refractivity contribution < 1.29 is 9.84 Å². The zero-order valence-electron chi connectivity index (χ0n) is 15.2. The molecule has 0 aliphatic heterocycles. The highest BCUT2D eigenvalue weighted by Crippen LogP contribution is 2.36. The summed E-state index contributed by atoms with van der Waals surface area (Å²) in [7, 11) is -0.408. The quantitative estimate of drug-likeness (QED) is 0.613. The highest BCUT2D eigenvalue weighted by molar-refractivity contribution is 6.56. The average Bonchev–Trinajstić information content (AvgIpc) is 3.02. The van der Waals surface area contributed by atoms with Gasteiger partial charge in [-0.3, -0.25) is 0 Å². The van der Waals surface area contributed by atoms with Crippen molar-refractivity contribution >= 4 is 14.7 Å². The lowest BCUT2D eigenvalue weighted by atomic mass is 10.0. The summed E-state index contributed by atoms with van der Waals surface area (Å²) in [6.45, 7) is 5.96. The molecule has 0 saturated heterocycles. The summed E-state index contributed by atoms with van der Waals surface area (Å²) in [4.78, 5) is 0. The third-order valence-electron chi connectivity index (χ3n) is 5.52. The van der Waals surface area contributed by atoms with Crippen LogP contribution in [-0.2, 0) is 11.3 Å². The predicted octanol–water partition coefficient (Wildman–Crippen LogP) is 3.04. The molecule has 2 atom stereocenters. The van der Waals surface area contributed by atoms with Crippen LogP contribution in [-0.4, -0.2) is 27.8 Å². The summed E-state index contributed by atoms with van der Waals surface area (Å²) in [5.74, 6) is 0.375. The van der Waals surface area contributed by atoms with Crippen LogP contribution in [0.25, 0.3) is 0 Å². The lowest BCUT2D eigenvalue weighted by Crippen LogP contribution is -2.28. The molecule has 0 fully saturated rings.